The number of rotatable bonds is 6. The molecule has 9 heteroatoms. The van der Waals surface area contributed by atoms with Crippen LogP contribution in [-0.2, 0) is 6.54 Å². The molecular formula is C21H28ClIN4O3. The van der Waals surface area contributed by atoms with Crippen LogP contribution in [0.4, 0.5) is 5.69 Å². The highest BCUT2D eigenvalue weighted by atomic mass is 127. The van der Waals surface area contributed by atoms with Gasteiger partial charge in [-0.05, 0) is 42.8 Å². The molecule has 0 radical (unpaired) electrons. The second kappa shape index (κ2) is 11.4. The minimum atomic E-state index is 0. The zero-order valence-electron chi connectivity index (χ0n) is 17.3. The van der Waals surface area contributed by atoms with Gasteiger partial charge in [-0.2, -0.15) is 0 Å². The number of nitrogens with one attached hydrogen (secondary N) is 2. The molecule has 0 spiro atoms. The lowest BCUT2D eigenvalue weighted by molar-refractivity contribution is 0.410. The third-order valence-corrected chi connectivity index (χ3v) is 5.20. The molecule has 0 amide bonds. The average Bonchev–Trinajstić information content (AvgIpc) is 3.20. The topological polar surface area (TPSA) is 78.4 Å². The van der Waals surface area contributed by atoms with Crippen molar-refractivity contribution in [3.63, 3.8) is 0 Å². The SMILES string of the molecule is CN=C(NCc1cc(OC)ccc1O)NC1CCN(c2cc(Cl)ccc2OC)C1.I. The van der Waals surface area contributed by atoms with Crippen LogP contribution in [-0.4, -0.2) is 51.5 Å². The van der Waals surface area contributed by atoms with Crippen LogP contribution in [0, 0.1) is 0 Å². The number of guanidine groups is 1. The van der Waals surface area contributed by atoms with Gasteiger partial charge in [0, 0.05) is 43.3 Å². The maximum Gasteiger partial charge on any atom is 0.191 e. The van der Waals surface area contributed by atoms with Gasteiger partial charge in [0.2, 0.25) is 0 Å². The van der Waals surface area contributed by atoms with Crippen LogP contribution in [0.5, 0.6) is 17.2 Å². The normalized spacial score (nSPS) is 16.1. The molecular weight excluding hydrogens is 519 g/mol. The van der Waals surface area contributed by atoms with E-state index in [9.17, 15) is 5.11 Å². The average molecular weight is 547 g/mol. The Balaban J connectivity index is 0.00000320. The summed E-state index contributed by atoms with van der Waals surface area (Å²) in [5, 5.41) is 17.4. The van der Waals surface area contributed by atoms with Gasteiger partial charge in [-0.15, -0.1) is 24.0 Å². The molecule has 1 aliphatic rings. The second-order valence-electron chi connectivity index (χ2n) is 6.81. The van der Waals surface area contributed by atoms with E-state index in [-0.39, 0.29) is 35.8 Å². The summed E-state index contributed by atoms with van der Waals surface area (Å²) >= 11 is 6.17. The van der Waals surface area contributed by atoms with Gasteiger partial charge in [-0.1, -0.05) is 11.6 Å². The van der Waals surface area contributed by atoms with E-state index in [1.807, 2.05) is 18.2 Å². The molecule has 1 fully saturated rings. The Morgan fingerprint density at radius 2 is 2.03 bits per heavy atom. The second-order valence-corrected chi connectivity index (χ2v) is 7.25. The zero-order chi connectivity index (χ0) is 20.8. The van der Waals surface area contributed by atoms with Crippen LogP contribution in [0.25, 0.3) is 0 Å². The van der Waals surface area contributed by atoms with Gasteiger partial charge in [-0.25, -0.2) is 0 Å². The predicted octanol–water partition coefficient (Wildman–Crippen LogP) is 3.62. The van der Waals surface area contributed by atoms with Crippen molar-refractivity contribution in [3.8, 4) is 17.2 Å². The van der Waals surface area contributed by atoms with Crippen molar-refractivity contribution in [1.29, 1.82) is 0 Å². The molecule has 0 saturated carbocycles. The third kappa shape index (κ3) is 5.98. The Morgan fingerprint density at radius 3 is 2.73 bits per heavy atom. The van der Waals surface area contributed by atoms with E-state index < -0.39 is 0 Å². The van der Waals surface area contributed by atoms with Crippen molar-refractivity contribution in [2.75, 3.05) is 39.3 Å². The van der Waals surface area contributed by atoms with Crippen molar-refractivity contribution < 1.29 is 14.6 Å². The summed E-state index contributed by atoms with van der Waals surface area (Å²) < 4.78 is 10.7. The Kier molecular flexibility index (Phi) is 9.16. The molecule has 3 N–H and O–H groups in total. The number of anilines is 1. The number of benzene rings is 2. The molecule has 3 rings (SSSR count). The van der Waals surface area contributed by atoms with Crippen LogP contribution < -0.4 is 25.0 Å². The first-order valence-corrected chi connectivity index (χ1v) is 9.83. The Labute approximate surface area is 199 Å². The minimum absolute atomic E-state index is 0. The molecule has 1 aliphatic heterocycles. The minimum Gasteiger partial charge on any atom is -0.508 e. The number of aliphatic imine (C=N–C) groups is 1. The highest BCUT2D eigenvalue weighted by Crippen LogP contribution is 2.33. The van der Waals surface area contributed by atoms with Gasteiger partial charge in [0.1, 0.15) is 17.2 Å². The van der Waals surface area contributed by atoms with E-state index in [0.717, 1.165) is 36.5 Å². The van der Waals surface area contributed by atoms with Crippen molar-refractivity contribution in [2.45, 2.75) is 19.0 Å². The van der Waals surface area contributed by atoms with Crippen molar-refractivity contribution in [1.82, 2.24) is 10.6 Å². The lowest BCUT2D eigenvalue weighted by Gasteiger charge is -2.22. The number of phenols is 1. The van der Waals surface area contributed by atoms with Crippen molar-refractivity contribution in [2.24, 2.45) is 4.99 Å². The maximum atomic E-state index is 10.0. The van der Waals surface area contributed by atoms with Gasteiger partial charge < -0.3 is 30.1 Å². The van der Waals surface area contributed by atoms with E-state index in [0.29, 0.717) is 23.3 Å². The molecule has 1 unspecified atom stereocenters. The fourth-order valence-electron chi connectivity index (χ4n) is 3.40. The Hall–Kier alpha value is -2.07. The van der Waals surface area contributed by atoms with Crippen LogP contribution in [0.3, 0.4) is 0 Å². The van der Waals surface area contributed by atoms with Gasteiger partial charge in [0.25, 0.3) is 0 Å². The van der Waals surface area contributed by atoms with Gasteiger partial charge in [-0.3, -0.25) is 4.99 Å². The molecule has 1 heterocycles. The number of nitrogens with zero attached hydrogens (tertiary/aromatic N) is 2. The summed E-state index contributed by atoms with van der Waals surface area (Å²) in [7, 11) is 5.00. The first-order valence-electron chi connectivity index (χ1n) is 9.45. The summed E-state index contributed by atoms with van der Waals surface area (Å²) in [5.74, 6) is 2.40. The summed E-state index contributed by atoms with van der Waals surface area (Å²) in [6.07, 6.45) is 0.959. The third-order valence-electron chi connectivity index (χ3n) is 4.97. The number of methoxy groups -OCH3 is 2. The zero-order valence-corrected chi connectivity index (χ0v) is 20.4. The van der Waals surface area contributed by atoms with Crippen LogP contribution in [0.1, 0.15) is 12.0 Å². The fraction of sp³-hybridized carbons (Fsp3) is 0.381. The number of ether oxygens (including phenoxy) is 2. The quantitative estimate of drug-likeness (QED) is 0.292. The summed E-state index contributed by atoms with van der Waals surface area (Å²) in [4.78, 5) is 6.56. The first-order chi connectivity index (χ1) is 14.0. The molecule has 0 aliphatic carbocycles. The molecule has 30 heavy (non-hydrogen) atoms. The van der Waals surface area contributed by atoms with E-state index in [4.69, 9.17) is 21.1 Å². The van der Waals surface area contributed by atoms with Crippen LogP contribution in [0.2, 0.25) is 5.02 Å². The maximum absolute atomic E-state index is 10.0. The summed E-state index contributed by atoms with van der Waals surface area (Å²) in [6.45, 7) is 2.13. The van der Waals surface area contributed by atoms with Crippen LogP contribution >= 0.6 is 35.6 Å². The highest BCUT2D eigenvalue weighted by molar-refractivity contribution is 14.0. The van der Waals surface area contributed by atoms with Gasteiger partial charge in [0.15, 0.2) is 5.96 Å². The van der Waals surface area contributed by atoms with Crippen LogP contribution in [0.15, 0.2) is 41.4 Å². The number of hydrogen-bond donors (Lipinski definition) is 3. The molecule has 2 aromatic carbocycles. The number of aromatic hydroxyl groups is 1. The molecule has 7 nitrogen and oxygen atoms in total. The monoisotopic (exact) mass is 546 g/mol. The van der Waals surface area contributed by atoms with Crippen molar-refractivity contribution >= 4 is 47.2 Å². The predicted molar refractivity (Wildman–Crippen MR) is 132 cm³/mol. The standard InChI is InChI=1S/C21H27ClN4O3.HI/c1-23-21(24-12-14-10-17(28-2)5-6-19(14)27)25-16-8-9-26(13-16)18-11-15(22)4-7-20(18)29-3;/h4-7,10-11,16,27H,8-9,12-13H2,1-3H3,(H2,23,24,25);1H. The number of hydrogen-bond acceptors (Lipinski definition) is 5. The van der Waals surface area contributed by atoms with E-state index in [2.05, 4.69) is 20.5 Å². The fourth-order valence-corrected chi connectivity index (χ4v) is 3.57. The molecule has 0 bridgehead atoms. The lowest BCUT2D eigenvalue weighted by Crippen LogP contribution is -2.44. The number of halogens is 2. The Morgan fingerprint density at radius 1 is 1.23 bits per heavy atom. The van der Waals surface area contributed by atoms with E-state index in [1.165, 1.54) is 0 Å². The van der Waals surface area contributed by atoms with Gasteiger partial charge in [0.05, 0.1) is 19.9 Å². The van der Waals surface area contributed by atoms with Crippen molar-refractivity contribution in [3.05, 3.63) is 47.0 Å². The molecule has 2 aromatic rings. The molecule has 164 valence electrons. The molecule has 1 atom stereocenters. The Bertz CT molecular complexity index is 881. The lowest BCUT2D eigenvalue weighted by atomic mass is 10.2. The highest BCUT2D eigenvalue weighted by Gasteiger charge is 2.25. The summed E-state index contributed by atoms with van der Waals surface area (Å²) in [5.41, 5.74) is 1.73. The molecule has 1 saturated heterocycles. The number of phenolic OH excluding ortho intramolecular Hbond substituents is 1. The smallest absolute Gasteiger partial charge is 0.191 e. The van der Waals surface area contributed by atoms with Gasteiger partial charge >= 0.3 is 0 Å². The van der Waals surface area contributed by atoms with E-state index in [1.54, 1.807) is 39.5 Å². The van der Waals surface area contributed by atoms with E-state index >= 15 is 0 Å². The largest absolute Gasteiger partial charge is 0.508 e. The first kappa shape index (κ1) is 24.2. The summed E-state index contributed by atoms with van der Waals surface area (Å²) in [6, 6.07) is 11.0. The molecule has 0 aromatic heterocycles.